The molecule has 0 bridgehead atoms. The molecule has 1 N–H and O–H groups in total. The second kappa shape index (κ2) is 3.88. The minimum Gasteiger partial charge on any atom is -0.506 e. The molecule has 76 valence electrons. The highest BCUT2D eigenvalue weighted by atomic mass is 35.5. The lowest BCUT2D eigenvalue weighted by atomic mass is 10.1. The zero-order valence-corrected chi connectivity index (χ0v) is 8.97. The Morgan fingerprint density at radius 1 is 1.50 bits per heavy atom. The van der Waals surface area contributed by atoms with E-state index in [2.05, 4.69) is 0 Å². The lowest BCUT2D eigenvalue weighted by Gasteiger charge is -2.11. The molecule has 1 rings (SSSR count). The summed E-state index contributed by atoms with van der Waals surface area (Å²) in [5.74, 6) is 0.0100. The summed E-state index contributed by atoms with van der Waals surface area (Å²) in [4.78, 5) is 10.8. The molecule has 0 saturated carbocycles. The Hall–Kier alpha value is -1.22. The number of phenolic OH excluding ortho intramolecular Hbond substituents is 1. The van der Waals surface area contributed by atoms with Crippen molar-refractivity contribution in [3.8, 4) is 11.5 Å². The van der Waals surface area contributed by atoms with Crippen LogP contribution in [0.3, 0.4) is 0 Å². The van der Waals surface area contributed by atoms with Crippen LogP contribution < -0.4 is 4.74 Å². The van der Waals surface area contributed by atoms with Crippen LogP contribution in [0.25, 0.3) is 0 Å². The van der Waals surface area contributed by atoms with Gasteiger partial charge in [0.15, 0.2) is 0 Å². The summed E-state index contributed by atoms with van der Waals surface area (Å²) in [7, 11) is 0. The monoisotopic (exact) mass is 214 g/mol. The average Bonchev–Trinajstić information content (AvgIpc) is 2.09. The summed E-state index contributed by atoms with van der Waals surface area (Å²) in [6.07, 6.45) is 0. The molecule has 0 heterocycles. The zero-order chi connectivity index (χ0) is 10.9. The highest BCUT2D eigenvalue weighted by molar-refractivity contribution is 6.33. The third kappa shape index (κ3) is 1.99. The standard InChI is InChI=1S/C10H11ClO3/c1-5-4-8(13)9(11)6(2)10(5)14-7(3)12/h4,13H,1-3H3. The molecule has 0 radical (unpaired) electrons. The number of ether oxygens (including phenoxy) is 1. The number of carbonyl (C=O) groups excluding carboxylic acids is 1. The lowest BCUT2D eigenvalue weighted by Crippen LogP contribution is -2.04. The summed E-state index contributed by atoms with van der Waals surface area (Å²) in [5.41, 5.74) is 1.25. The van der Waals surface area contributed by atoms with E-state index in [-0.39, 0.29) is 10.8 Å². The average molecular weight is 215 g/mol. The van der Waals surface area contributed by atoms with Gasteiger partial charge >= 0.3 is 5.97 Å². The predicted molar refractivity (Wildman–Crippen MR) is 53.9 cm³/mol. The Bertz CT molecular complexity index is 385. The molecule has 4 heteroatoms. The number of rotatable bonds is 1. The summed E-state index contributed by atoms with van der Waals surface area (Å²) in [6.45, 7) is 4.74. The van der Waals surface area contributed by atoms with E-state index in [4.69, 9.17) is 16.3 Å². The second-order valence-electron chi connectivity index (χ2n) is 3.07. The molecule has 0 spiro atoms. The molecule has 0 atom stereocenters. The van der Waals surface area contributed by atoms with Crippen LogP contribution >= 0.6 is 11.6 Å². The maximum atomic E-state index is 10.8. The van der Waals surface area contributed by atoms with E-state index >= 15 is 0 Å². The number of esters is 1. The fourth-order valence-electron chi connectivity index (χ4n) is 1.22. The summed E-state index contributed by atoms with van der Waals surface area (Å²) < 4.78 is 4.98. The molecule has 14 heavy (non-hydrogen) atoms. The number of hydrogen-bond donors (Lipinski definition) is 1. The van der Waals surface area contributed by atoms with Gasteiger partial charge in [-0.25, -0.2) is 0 Å². The van der Waals surface area contributed by atoms with E-state index in [1.807, 2.05) is 0 Å². The topological polar surface area (TPSA) is 46.5 Å². The van der Waals surface area contributed by atoms with Gasteiger partial charge in [0.2, 0.25) is 0 Å². The Kier molecular flexibility index (Phi) is 3.01. The number of aromatic hydroxyl groups is 1. The van der Waals surface area contributed by atoms with Crippen molar-refractivity contribution in [3.63, 3.8) is 0 Å². The van der Waals surface area contributed by atoms with Crippen molar-refractivity contribution in [3.05, 3.63) is 22.2 Å². The van der Waals surface area contributed by atoms with Crippen molar-refractivity contribution in [2.75, 3.05) is 0 Å². The Labute approximate surface area is 87.3 Å². The van der Waals surface area contributed by atoms with Crippen LogP contribution in [0.4, 0.5) is 0 Å². The van der Waals surface area contributed by atoms with E-state index < -0.39 is 5.97 Å². The van der Waals surface area contributed by atoms with Crippen LogP contribution in [0.15, 0.2) is 6.07 Å². The van der Waals surface area contributed by atoms with Gasteiger partial charge in [-0.05, 0) is 25.5 Å². The molecular weight excluding hydrogens is 204 g/mol. The number of hydrogen-bond acceptors (Lipinski definition) is 3. The first-order chi connectivity index (χ1) is 6.43. The van der Waals surface area contributed by atoms with Crippen LogP contribution in [0.2, 0.25) is 5.02 Å². The van der Waals surface area contributed by atoms with Gasteiger partial charge in [0.25, 0.3) is 0 Å². The number of aryl methyl sites for hydroxylation is 1. The molecule has 0 aromatic heterocycles. The molecule has 0 aliphatic carbocycles. The van der Waals surface area contributed by atoms with Crippen LogP contribution in [-0.4, -0.2) is 11.1 Å². The van der Waals surface area contributed by atoms with Gasteiger partial charge in [0, 0.05) is 12.5 Å². The maximum Gasteiger partial charge on any atom is 0.308 e. The summed E-state index contributed by atoms with van der Waals surface area (Å²) in [6, 6.07) is 1.47. The minimum absolute atomic E-state index is 0.00225. The molecular formula is C10H11ClO3. The Morgan fingerprint density at radius 3 is 2.57 bits per heavy atom. The van der Waals surface area contributed by atoms with E-state index in [1.165, 1.54) is 13.0 Å². The highest BCUT2D eigenvalue weighted by Crippen LogP contribution is 2.36. The van der Waals surface area contributed by atoms with Gasteiger partial charge in [-0.3, -0.25) is 4.79 Å². The summed E-state index contributed by atoms with van der Waals surface area (Å²) >= 11 is 5.80. The van der Waals surface area contributed by atoms with E-state index in [0.717, 1.165) is 0 Å². The van der Waals surface area contributed by atoms with Gasteiger partial charge in [-0.15, -0.1) is 0 Å². The number of benzene rings is 1. The van der Waals surface area contributed by atoms with Crippen molar-refractivity contribution in [2.24, 2.45) is 0 Å². The van der Waals surface area contributed by atoms with Crippen molar-refractivity contribution < 1.29 is 14.6 Å². The van der Waals surface area contributed by atoms with Gasteiger partial charge in [0.1, 0.15) is 11.5 Å². The first-order valence-electron chi connectivity index (χ1n) is 4.10. The van der Waals surface area contributed by atoms with Gasteiger partial charge in [0.05, 0.1) is 5.02 Å². The number of carbonyl (C=O) groups is 1. The molecule has 1 aromatic rings. The predicted octanol–water partition coefficient (Wildman–Crippen LogP) is 2.59. The smallest absolute Gasteiger partial charge is 0.308 e. The molecule has 3 nitrogen and oxygen atoms in total. The molecule has 0 amide bonds. The summed E-state index contributed by atoms with van der Waals surface area (Å²) in [5, 5.41) is 9.58. The third-order valence-corrected chi connectivity index (χ3v) is 2.33. The highest BCUT2D eigenvalue weighted by Gasteiger charge is 2.13. The van der Waals surface area contributed by atoms with Crippen LogP contribution in [0, 0.1) is 13.8 Å². The third-order valence-electron chi connectivity index (χ3n) is 1.85. The fraction of sp³-hybridized carbons (Fsp3) is 0.300. The van der Waals surface area contributed by atoms with Gasteiger partial charge in [-0.2, -0.15) is 0 Å². The molecule has 0 saturated heterocycles. The molecule has 0 aliphatic heterocycles. The fourth-order valence-corrected chi connectivity index (χ4v) is 1.36. The minimum atomic E-state index is -0.405. The first-order valence-corrected chi connectivity index (χ1v) is 4.48. The van der Waals surface area contributed by atoms with Crippen LogP contribution in [0.1, 0.15) is 18.1 Å². The number of phenols is 1. The van der Waals surface area contributed by atoms with E-state index in [0.29, 0.717) is 16.9 Å². The van der Waals surface area contributed by atoms with Gasteiger partial charge < -0.3 is 9.84 Å². The van der Waals surface area contributed by atoms with E-state index in [9.17, 15) is 9.90 Å². The van der Waals surface area contributed by atoms with E-state index in [1.54, 1.807) is 13.8 Å². The van der Waals surface area contributed by atoms with Crippen molar-refractivity contribution >= 4 is 17.6 Å². The molecule has 0 aliphatic rings. The second-order valence-corrected chi connectivity index (χ2v) is 3.45. The molecule has 1 aromatic carbocycles. The lowest BCUT2D eigenvalue weighted by molar-refractivity contribution is -0.131. The Morgan fingerprint density at radius 2 is 2.07 bits per heavy atom. The van der Waals surface area contributed by atoms with Crippen LogP contribution in [0.5, 0.6) is 11.5 Å². The first kappa shape index (κ1) is 10.9. The molecule has 0 unspecified atom stereocenters. The SMILES string of the molecule is CC(=O)Oc1c(C)cc(O)c(Cl)c1C. The Balaban J connectivity index is 3.29. The normalized spacial score (nSPS) is 10.0. The number of halogens is 1. The van der Waals surface area contributed by atoms with Crippen molar-refractivity contribution in [1.82, 2.24) is 0 Å². The molecule has 0 fully saturated rings. The van der Waals surface area contributed by atoms with Crippen molar-refractivity contribution in [1.29, 1.82) is 0 Å². The van der Waals surface area contributed by atoms with Gasteiger partial charge in [-0.1, -0.05) is 11.6 Å². The maximum absolute atomic E-state index is 10.8. The zero-order valence-electron chi connectivity index (χ0n) is 8.22. The quantitative estimate of drug-likeness (QED) is 0.577. The largest absolute Gasteiger partial charge is 0.506 e. The van der Waals surface area contributed by atoms with Crippen LogP contribution in [-0.2, 0) is 4.79 Å². The van der Waals surface area contributed by atoms with Crippen molar-refractivity contribution in [2.45, 2.75) is 20.8 Å².